The van der Waals surface area contributed by atoms with Crippen molar-refractivity contribution < 1.29 is 9.59 Å². The highest BCUT2D eigenvalue weighted by molar-refractivity contribution is 8.00. The molecule has 152 valence electrons. The maximum atomic E-state index is 12.6. The monoisotopic (exact) mass is 417 g/mol. The molecule has 0 spiro atoms. The summed E-state index contributed by atoms with van der Waals surface area (Å²) in [7, 11) is 0. The van der Waals surface area contributed by atoms with Crippen LogP contribution in [0.4, 0.5) is 0 Å². The van der Waals surface area contributed by atoms with Crippen LogP contribution in [0.3, 0.4) is 0 Å². The number of nitrogens with one attached hydrogen (secondary N) is 2. The summed E-state index contributed by atoms with van der Waals surface area (Å²) in [5.74, 6) is -0.345. The number of carbonyl (C=O) groups is 2. The van der Waals surface area contributed by atoms with E-state index in [-0.39, 0.29) is 17.0 Å². The summed E-state index contributed by atoms with van der Waals surface area (Å²) >= 11 is 1.34. The molecular weight excluding hydrogens is 394 g/mol. The quantitative estimate of drug-likeness (QED) is 0.389. The minimum atomic E-state index is -0.738. The number of rotatable bonds is 8. The van der Waals surface area contributed by atoms with E-state index in [1.807, 2.05) is 54.6 Å². The summed E-state index contributed by atoms with van der Waals surface area (Å²) < 4.78 is 0. The molecule has 1 fully saturated rings. The number of carbonyl (C=O) groups excluding carboxylic acids is 2. The Hall–Kier alpha value is -3.09. The predicted molar refractivity (Wildman–Crippen MR) is 120 cm³/mol. The molecule has 30 heavy (non-hydrogen) atoms. The lowest BCUT2D eigenvalue weighted by Gasteiger charge is -2.45. The molecule has 4 N–H and O–H groups in total. The van der Waals surface area contributed by atoms with E-state index in [1.54, 1.807) is 0 Å². The van der Waals surface area contributed by atoms with Gasteiger partial charge in [-0.15, -0.1) is 11.8 Å². The van der Waals surface area contributed by atoms with Gasteiger partial charge in [0, 0.05) is 0 Å². The smallest absolute Gasteiger partial charge is 0.241 e. The van der Waals surface area contributed by atoms with Crippen LogP contribution in [0.1, 0.15) is 16.7 Å². The van der Waals surface area contributed by atoms with Crippen LogP contribution < -0.4 is 16.4 Å². The first kappa shape index (κ1) is 20.2. The number of hydrogen-bond acceptors (Lipinski definition) is 4. The van der Waals surface area contributed by atoms with E-state index in [0.717, 1.165) is 16.7 Å². The van der Waals surface area contributed by atoms with E-state index >= 15 is 0 Å². The fourth-order valence-electron chi connectivity index (χ4n) is 3.85. The van der Waals surface area contributed by atoms with Crippen LogP contribution in [0.15, 0.2) is 91.0 Å². The summed E-state index contributed by atoms with van der Waals surface area (Å²) in [5.41, 5.74) is 7.65. The van der Waals surface area contributed by atoms with Crippen molar-refractivity contribution in [3.63, 3.8) is 0 Å². The molecule has 1 heterocycles. The Morgan fingerprint density at radius 3 is 1.67 bits per heavy atom. The van der Waals surface area contributed by atoms with Gasteiger partial charge < -0.3 is 11.1 Å². The molecule has 1 aliphatic heterocycles. The molecule has 6 heteroatoms. The Morgan fingerprint density at radius 1 is 0.867 bits per heavy atom. The van der Waals surface area contributed by atoms with Gasteiger partial charge in [0.15, 0.2) is 0 Å². The minimum absolute atomic E-state index is 0.0934. The van der Waals surface area contributed by atoms with Crippen LogP contribution in [-0.4, -0.2) is 29.0 Å². The van der Waals surface area contributed by atoms with Gasteiger partial charge in [0.05, 0.1) is 16.7 Å². The van der Waals surface area contributed by atoms with Crippen molar-refractivity contribution in [2.24, 2.45) is 5.73 Å². The lowest BCUT2D eigenvalue weighted by atomic mass is 9.76. The molecule has 2 amide bonds. The first-order valence-corrected chi connectivity index (χ1v) is 10.8. The minimum Gasteiger partial charge on any atom is -0.369 e. The van der Waals surface area contributed by atoms with Crippen molar-refractivity contribution in [3.05, 3.63) is 108 Å². The van der Waals surface area contributed by atoms with Crippen molar-refractivity contribution in [1.82, 2.24) is 10.6 Å². The van der Waals surface area contributed by atoms with Crippen molar-refractivity contribution in [1.29, 1.82) is 0 Å². The lowest BCUT2D eigenvalue weighted by Crippen LogP contribution is -2.70. The largest absolute Gasteiger partial charge is 0.369 e. The molecule has 4 rings (SSSR count). The molecule has 0 bridgehead atoms. The second kappa shape index (κ2) is 8.73. The van der Waals surface area contributed by atoms with Crippen LogP contribution in [-0.2, 0) is 15.1 Å². The zero-order chi connectivity index (χ0) is 21.0. The summed E-state index contributed by atoms with van der Waals surface area (Å²) in [6, 6.07) is 29.8. The molecule has 0 radical (unpaired) electrons. The molecule has 2 atom stereocenters. The Labute approximate surface area is 180 Å². The zero-order valence-electron chi connectivity index (χ0n) is 16.3. The normalized spacial score (nSPS) is 18.3. The van der Waals surface area contributed by atoms with Gasteiger partial charge in [0.1, 0.15) is 6.04 Å². The molecule has 0 aliphatic carbocycles. The molecule has 1 saturated heterocycles. The van der Waals surface area contributed by atoms with Crippen LogP contribution in [0.5, 0.6) is 0 Å². The Balaban J connectivity index is 1.83. The van der Waals surface area contributed by atoms with Gasteiger partial charge in [-0.3, -0.25) is 14.9 Å². The lowest BCUT2D eigenvalue weighted by molar-refractivity contribution is -0.130. The average molecular weight is 418 g/mol. The topological polar surface area (TPSA) is 84.2 Å². The van der Waals surface area contributed by atoms with Crippen molar-refractivity contribution in [3.8, 4) is 0 Å². The highest BCUT2D eigenvalue weighted by Gasteiger charge is 2.47. The number of β-lactam (4-membered cyclic amide) rings is 1. The maximum absolute atomic E-state index is 12.6. The molecule has 1 aliphatic rings. The molecule has 0 saturated carbocycles. The third-order valence-corrected chi connectivity index (χ3v) is 6.47. The molecule has 0 unspecified atom stereocenters. The highest BCUT2D eigenvalue weighted by Crippen LogP contribution is 2.38. The Morgan fingerprint density at radius 2 is 1.30 bits per heavy atom. The zero-order valence-corrected chi connectivity index (χ0v) is 17.1. The number of benzene rings is 3. The van der Waals surface area contributed by atoms with Gasteiger partial charge >= 0.3 is 0 Å². The number of thioether (sulfide) groups is 1. The van der Waals surface area contributed by atoms with Gasteiger partial charge in [-0.1, -0.05) is 91.0 Å². The summed E-state index contributed by atoms with van der Waals surface area (Å²) in [4.78, 5) is 23.8. The van der Waals surface area contributed by atoms with Crippen LogP contribution >= 0.6 is 11.8 Å². The number of hydrogen-bond donors (Lipinski definition) is 3. The van der Waals surface area contributed by atoms with Crippen molar-refractivity contribution >= 4 is 23.6 Å². The van der Waals surface area contributed by atoms with Gasteiger partial charge in [-0.05, 0) is 16.7 Å². The third kappa shape index (κ3) is 3.84. The predicted octanol–water partition coefficient (Wildman–Crippen LogP) is 2.61. The first-order valence-electron chi connectivity index (χ1n) is 9.76. The van der Waals surface area contributed by atoms with E-state index in [2.05, 4.69) is 47.0 Å². The SMILES string of the molecule is NC(=O)CS[C@H]1NC(=O)[C@H]1NC(c1ccccc1)(c1ccccc1)c1ccccc1. The fraction of sp³-hybridized carbons (Fsp3) is 0.167. The van der Waals surface area contributed by atoms with Gasteiger partial charge in [-0.2, -0.15) is 0 Å². The average Bonchev–Trinajstić information content (AvgIpc) is 2.79. The second-order valence-electron chi connectivity index (χ2n) is 7.18. The van der Waals surface area contributed by atoms with Crippen LogP contribution in [0.25, 0.3) is 0 Å². The van der Waals surface area contributed by atoms with Crippen molar-refractivity contribution in [2.45, 2.75) is 17.0 Å². The van der Waals surface area contributed by atoms with E-state index in [4.69, 9.17) is 5.73 Å². The van der Waals surface area contributed by atoms with E-state index in [9.17, 15) is 9.59 Å². The Bertz CT molecular complexity index is 916. The standard InChI is InChI=1S/C24H23N3O2S/c25-20(28)16-30-23-21(22(29)26-23)27-24(17-10-4-1-5-11-17,18-12-6-2-7-13-18)19-14-8-3-9-15-19/h1-15,21,23,27H,16H2,(H2,25,28)(H,26,29)/t21-,23-/m1/s1. The van der Waals surface area contributed by atoms with E-state index in [1.165, 1.54) is 11.8 Å². The first-order chi connectivity index (χ1) is 14.6. The van der Waals surface area contributed by atoms with Gasteiger partial charge in [-0.25, -0.2) is 0 Å². The number of nitrogens with two attached hydrogens (primary N) is 1. The molecule has 3 aromatic rings. The maximum Gasteiger partial charge on any atom is 0.241 e. The van der Waals surface area contributed by atoms with Crippen LogP contribution in [0, 0.1) is 0 Å². The van der Waals surface area contributed by atoms with Crippen LogP contribution in [0.2, 0.25) is 0 Å². The Kier molecular flexibility index (Phi) is 5.88. The molecule has 0 aromatic heterocycles. The fourth-order valence-corrected chi connectivity index (χ4v) is 4.78. The molecular formula is C24H23N3O2S. The molecule has 5 nitrogen and oxygen atoms in total. The van der Waals surface area contributed by atoms with Gasteiger partial charge in [0.25, 0.3) is 0 Å². The molecule has 3 aromatic carbocycles. The highest BCUT2D eigenvalue weighted by atomic mass is 32.2. The number of amides is 2. The van der Waals surface area contributed by atoms with E-state index in [0.29, 0.717) is 0 Å². The second-order valence-corrected chi connectivity index (χ2v) is 8.31. The van der Waals surface area contributed by atoms with E-state index < -0.39 is 17.5 Å². The third-order valence-electron chi connectivity index (χ3n) is 5.27. The summed E-state index contributed by atoms with van der Waals surface area (Å²) in [6.07, 6.45) is 0. The van der Waals surface area contributed by atoms with Gasteiger partial charge in [0.2, 0.25) is 11.8 Å². The van der Waals surface area contributed by atoms with Crippen molar-refractivity contribution in [2.75, 3.05) is 5.75 Å². The summed E-state index contributed by atoms with van der Waals surface area (Å²) in [6.45, 7) is 0. The number of primary amides is 1. The summed E-state index contributed by atoms with van der Waals surface area (Å²) in [5, 5.41) is 6.30.